The Labute approximate surface area is 147 Å². The summed E-state index contributed by atoms with van der Waals surface area (Å²) in [6.45, 7) is 5.90. The Bertz CT molecular complexity index is 791. The molecule has 0 spiro atoms. The summed E-state index contributed by atoms with van der Waals surface area (Å²) in [6.07, 6.45) is 1.54. The van der Waals surface area contributed by atoms with E-state index in [1.165, 1.54) is 5.56 Å². The molecule has 134 valence electrons. The van der Waals surface area contributed by atoms with Crippen LogP contribution < -0.4 is 5.32 Å². The van der Waals surface area contributed by atoms with Gasteiger partial charge in [0.05, 0.1) is 17.3 Å². The Morgan fingerprint density at radius 3 is 2.80 bits per heavy atom. The number of aliphatic hydroxyl groups excluding tert-OH is 1. The number of hydrogen-bond acceptors (Lipinski definition) is 5. The van der Waals surface area contributed by atoms with E-state index in [0.717, 1.165) is 48.3 Å². The zero-order valence-corrected chi connectivity index (χ0v) is 14.7. The quantitative estimate of drug-likeness (QED) is 0.797. The van der Waals surface area contributed by atoms with Crippen molar-refractivity contribution in [1.29, 1.82) is 0 Å². The summed E-state index contributed by atoms with van der Waals surface area (Å²) in [5, 5.41) is 14.5. The van der Waals surface area contributed by atoms with Crippen molar-refractivity contribution in [3.63, 3.8) is 0 Å². The fourth-order valence-corrected chi connectivity index (χ4v) is 3.47. The SMILES string of the molecule is Cc1cc(NC2CCOCC2)c2[nH]c(C3=NC(C(C)O)CO3)cc2c1. The number of anilines is 1. The Kier molecular flexibility index (Phi) is 4.39. The van der Waals surface area contributed by atoms with E-state index < -0.39 is 6.10 Å². The van der Waals surface area contributed by atoms with Gasteiger partial charge in [0.2, 0.25) is 5.90 Å². The monoisotopic (exact) mass is 343 g/mol. The number of nitrogens with one attached hydrogen (secondary N) is 2. The number of aryl methyl sites for hydroxylation is 1. The van der Waals surface area contributed by atoms with Crippen LogP contribution in [0.5, 0.6) is 0 Å². The zero-order chi connectivity index (χ0) is 17.4. The van der Waals surface area contributed by atoms with Gasteiger partial charge in [-0.25, -0.2) is 4.99 Å². The lowest BCUT2D eigenvalue weighted by molar-refractivity contribution is 0.0905. The van der Waals surface area contributed by atoms with Crippen molar-refractivity contribution in [2.45, 2.75) is 44.9 Å². The van der Waals surface area contributed by atoms with Crippen molar-refractivity contribution in [3.05, 3.63) is 29.5 Å². The molecule has 6 nitrogen and oxygen atoms in total. The number of rotatable bonds is 4. The molecule has 3 heterocycles. The lowest BCUT2D eigenvalue weighted by atomic mass is 10.1. The third-order valence-electron chi connectivity index (χ3n) is 4.91. The first-order valence-electron chi connectivity index (χ1n) is 8.97. The smallest absolute Gasteiger partial charge is 0.233 e. The highest BCUT2D eigenvalue weighted by Gasteiger charge is 2.25. The molecule has 3 N–H and O–H groups in total. The van der Waals surface area contributed by atoms with Crippen LogP contribution in [-0.2, 0) is 9.47 Å². The fourth-order valence-electron chi connectivity index (χ4n) is 3.47. The maximum Gasteiger partial charge on any atom is 0.233 e. The van der Waals surface area contributed by atoms with E-state index >= 15 is 0 Å². The van der Waals surface area contributed by atoms with Crippen LogP contribution in [0.2, 0.25) is 0 Å². The molecule has 4 rings (SSSR count). The van der Waals surface area contributed by atoms with E-state index in [0.29, 0.717) is 18.5 Å². The maximum atomic E-state index is 9.70. The van der Waals surface area contributed by atoms with Gasteiger partial charge in [0.25, 0.3) is 0 Å². The highest BCUT2D eigenvalue weighted by Crippen LogP contribution is 2.29. The molecule has 0 bridgehead atoms. The Morgan fingerprint density at radius 2 is 2.08 bits per heavy atom. The molecule has 0 aliphatic carbocycles. The minimum atomic E-state index is -0.505. The average Bonchev–Trinajstić information content (AvgIpc) is 3.22. The lowest BCUT2D eigenvalue weighted by Gasteiger charge is -2.24. The fraction of sp³-hybridized carbons (Fsp3) is 0.526. The Morgan fingerprint density at radius 1 is 1.28 bits per heavy atom. The van der Waals surface area contributed by atoms with E-state index in [2.05, 4.69) is 40.4 Å². The molecule has 6 heteroatoms. The molecule has 1 aromatic heterocycles. The number of aliphatic imine (C=N–C) groups is 1. The Balaban J connectivity index is 1.65. The van der Waals surface area contributed by atoms with E-state index in [9.17, 15) is 5.11 Å². The lowest BCUT2D eigenvalue weighted by Crippen LogP contribution is -2.27. The zero-order valence-electron chi connectivity index (χ0n) is 14.7. The van der Waals surface area contributed by atoms with Crippen LogP contribution in [0.1, 0.15) is 31.0 Å². The molecule has 2 atom stereocenters. The second-order valence-corrected chi connectivity index (χ2v) is 7.04. The molecule has 2 aromatic rings. The van der Waals surface area contributed by atoms with Crippen LogP contribution in [0.3, 0.4) is 0 Å². The van der Waals surface area contributed by atoms with E-state index in [4.69, 9.17) is 9.47 Å². The predicted molar refractivity (Wildman–Crippen MR) is 98.5 cm³/mol. The van der Waals surface area contributed by atoms with Gasteiger partial charge < -0.3 is 24.9 Å². The summed E-state index contributed by atoms with van der Waals surface area (Å²) >= 11 is 0. The van der Waals surface area contributed by atoms with Crippen molar-refractivity contribution in [3.8, 4) is 0 Å². The van der Waals surface area contributed by atoms with Gasteiger partial charge >= 0.3 is 0 Å². The van der Waals surface area contributed by atoms with Gasteiger partial charge in [0, 0.05) is 24.6 Å². The van der Waals surface area contributed by atoms with Crippen LogP contribution >= 0.6 is 0 Å². The van der Waals surface area contributed by atoms with E-state index in [1.807, 2.05) is 0 Å². The minimum absolute atomic E-state index is 0.192. The normalized spacial score (nSPS) is 22.7. The molecule has 0 radical (unpaired) electrons. The molecule has 0 amide bonds. The predicted octanol–water partition coefficient (Wildman–Crippen LogP) is 2.59. The molecule has 25 heavy (non-hydrogen) atoms. The highest BCUT2D eigenvalue weighted by atomic mass is 16.5. The first-order chi connectivity index (χ1) is 12.1. The number of fused-ring (bicyclic) bond motifs is 1. The van der Waals surface area contributed by atoms with Gasteiger partial charge in [-0.3, -0.25) is 0 Å². The average molecular weight is 343 g/mol. The first kappa shape index (κ1) is 16.4. The van der Waals surface area contributed by atoms with Gasteiger partial charge in [-0.15, -0.1) is 0 Å². The third-order valence-corrected chi connectivity index (χ3v) is 4.91. The van der Waals surface area contributed by atoms with Crippen molar-refractivity contribution < 1.29 is 14.6 Å². The molecule has 1 saturated heterocycles. The van der Waals surface area contributed by atoms with Gasteiger partial charge in [0.1, 0.15) is 18.3 Å². The summed E-state index contributed by atoms with van der Waals surface area (Å²) in [7, 11) is 0. The third kappa shape index (κ3) is 3.37. The van der Waals surface area contributed by atoms with E-state index in [-0.39, 0.29) is 6.04 Å². The first-order valence-corrected chi connectivity index (χ1v) is 8.97. The van der Waals surface area contributed by atoms with Crippen LogP contribution in [0, 0.1) is 6.92 Å². The second-order valence-electron chi connectivity index (χ2n) is 7.04. The van der Waals surface area contributed by atoms with Crippen LogP contribution in [-0.4, -0.2) is 54.0 Å². The number of aromatic amines is 1. The number of nitrogens with zero attached hydrogens (tertiary/aromatic N) is 1. The van der Waals surface area contributed by atoms with Crippen molar-refractivity contribution >= 4 is 22.5 Å². The summed E-state index contributed by atoms with van der Waals surface area (Å²) < 4.78 is 11.1. The molecule has 1 fully saturated rings. The summed E-state index contributed by atoms with van der Waals surface area (Å²) in [5.41, 5.74) is 4.25. The van der Waals surface area contributed by atoms with Crippen molar-refractivity contribution in [1.82, 2.24) is 4.98 Å². The second kappa shape index (κ2) is 6.69. The summed E-state index contributed by atoms with van der Waals surface area (Å²) in [5.74, 6) is 0.580. The molecule has 2 aliphatic heterocycles. The standard InChI is InChI=1S/C19H25N3O3/c1-11-7-13-9-16(19-22-17(10-25-19)12(2)23)21-18(13)15(8-11)20-14-3-5-24-6-4-14/h7-9,12,14,17,20-21,23H,3-6,10H2,1-2H3. The number of hydrogen-bond donors (Lipinski definition) is 3. The van der Waals surface area contributed by atoms with Gasteiger partial charge in [-0.2, -0.15) is 0 Å². The number of benzene rings is 1. The molecular weight excluding hydrogens is 318 g/mol. The Hall–Kier alpha value is -2.05. The number of H-pyrrole nitrogens is 1. The minimum Gasteiger partial charge on any atom is -0.474 e. The number of aromatic nitrogens is 1. The molecule has 1 aromatic carbocycles. The molecular formula is C19H25N3O3. The van der Waals surface area contributed by atoms with Gasteiger partial charge in [0.15, 0.2) is 0 Å². The largest absolute Gasteiger partial charge is 0.474 e. The summed E-state index contributed by atoms with van der Waals surface area (Å²) in [6, 6.07) is 6.65. The van der Waals surface area contributed by atoms with Crippen molar-refractivity contribution in [2.24, 2.45) is 4.99 Å². The summed E-state index contributed by atoms with van der Waals surface area (Å²) in [4.78, 5) is 7.95. The van der Waals surface area contributed by atoms with Gasteiger partial charge in [-0.1, -0.05) is 0 Å². The molecule has 2 unspecified atom stereocenters. The van der Waals surface area contributed by atoms with Crippen LogP contribution in [0.25, 0.3) is 10.9 Å². The van der Waals surface area contributed by atoms with Gasteiger partial charge in [-0.05, 0) is 50.5 Å². The molecule has 0 saturated carbocycles. The highest BCUT2D eigenvalue weighted by molar-refractivity contribution is 6.02. The van der Waals surface area contributed by atoms with E-state index in [1.54, 1.807) is 6.92 Å². The topological polar surface area (TPSA) is 78.9 Å². The maximum absolute atomic E-state index is 9.70. The number of aliphatic hydroxyl groups is 1. The number of ether oxygens (including phenoxy) is 2. The van der Waals surface area contributed by atoms with Crippen LogP contribution in [0.15, 0.2) is 23.2 Å². The van der Waals surface area contributed by atoms with Crippen molar-refractivity contribution in [2.75, 3.05) is 25.1 Å². The molecule has 2 aliphatic rings. The van der Waals surface area contributed by atoms with Crippen LogP contribution in [0.4, 0.5) is 5.69 Å².